The lowest BCUT2D eigenvalue weighted by atomic mass is 9.95. The van der Waals surface area contributed by atoms with Gasteiger partial charge < -0.3 is 24.2 Å². The third-order valence-electron chi connectivity index (χ3n) is 8.52. The molecule has 12 heteroatoms. The van der Waals surface area contributed by atoms with Crippen LogP contribution in [0.15, 0.2) is 24.3 Å². The number of phenolic OH excluding ortho intramolecular Hbond substituents is 1. The number of hydrogen-bond acceptors (Lipinski definition) is 9. The Morgan fingerprint density at radius 3 is 2.62 bits per heavy atom. The fourth-order valence-corrected chi connectivity index (χ4v) is 6.49. The van der Waals surface area contributed by atoms with Crippen molar-refractivity contribution >= 4 is 27.5 Å². The lowest BCUT2D eigenvalue weighted by Crippen LogP contribution is -2.27. The van der Waals surface area contributed by atoms with Crippen LogP contribution in [-0.2, 0) is 4.74 Å². The fraction of sp³-hybridized carbons (Fsp3) is 0.424. The first-order valence-corrected chi connectivity index (χ1v) is 14.9. The van der Waals surface area contributed by atoms with Crippen LogP contribution in [0.3, 0.4) is 0 Å². The molecule has 0 amide bonds. The lowest BCUT2D eigenvalue weighted by molar-refractivity contribution is 0.152. The molecule has 3 aliphatic rings. The van der Waals surface area contributed by atoms with E-state index < -0.39 is 17.8 Å². The van der Waals surface area contributed by atoms with Crippen LogP contribution in [0.2, 0.25) is 0 Å². The van der Waals surface area contributed by atoms with E-state index in [4.69, 9.17) is 20.6 Å². The Morgan fingerprint density at radius 1 is 1.02 bits per heavy atom. The molecule has 1 N–H and O–H groups in total. The largest absolute Gasteiger partial charge is 0.508 e. The number of terminal acetylenes is 1. The minimum atomic E-state index is -0.821. The van der Waals surface area contributed by atoms with Crippen LogP contribution >= 0.6 is 0 Å². The second kappa shape index (κ2) is 12.9. The van der Waals surface area contributed by atoms with Gasteiger partial charge in [0.05, 0.1) is 26.4 Å². The van der Waals surface area contributed by atoms with E-state index in [9.17, 15) is 13.9 Å². The molecule has 2 aromatic heterocycles. The summed E-state index contributed by atoms with van der Waals surface area (Å²) < 4.78 is 59.9. The van der Waals surface area contributed by atoms with Crippen molar-refractivity contribution in [3.63, 3.8) is 0 Å². The van der Waals surface area contributed by atoms with Crippen LogP contribution in [0.4, 0.5) is 19.0 Å². The molecule has 2 unspecified atom stereocenters. The molecule has 0 saturated carbocycles. The standard InChI is InChI=1S/C26H22F2N4O4.C7H12FN/c1-4-16-18(27)7-6-14-12-15(33)13-17(19(14)16)22-21(28)23-20(25(29-22)34-2)24(31-26(30-23)35-3)32-8-5-10-36-11-9-32;8-6-4-7-2-1-3-9(7)5-6/h1,6-7,12-13,33H,5,8-11H2,2-3H3;6-7H,1-5H2. The molecule has 0 aliphatic carbocycles. The predicted octanol–water partition coefficient (Wildman–Crippen LogP) is 5.25. The minimum absolute atomic E-state index is 0.0445. The molecular formula is C33H34F3N5O4. The zero-order chi connectivity index (χ0) is 31.7. The van der Waals surface area contributed by atoms with Crippen molar-refractivity contribution in [1.29, 1.82) is 0 Å². The average Bonchev–Trinajstić information content (AvgIpc) is 3.50. The van der Waals surface area contributed by atoms with Gasteiger partial charge in [0.1, 0.15) is 40.2 Å². The molecule has 236 valence electrons. The number of ether oxygens (including phenoxy) is 3. The summed E-state index contributed by atoms with van der Waals surface area (Å²) in [6, 6.07) is 5.91. The topological polar surface area (TPSA) is 93.1 Å². The molecule has 0 radical (unpaired) electrons. The van der Waals surface area contributed by atoms with Gasteiger partial charge in [0.25, 0.3) is 0 Å². The summed E-state index contributed by atoms with van der Waals surface area (Å²) in [4.78, 5) is 17.4. The van der Waals surface area contributed by atoms with E-state index in [1.54, 1.807) is 0 Å². The zero-order valence-electron chi connectivity index (χ0n) is 25.2. The predicted molar refractivity (Wildman–Crippen MR) is 165 cm³/mol. The third-order valence-corrected chi connectivity index (χ3v) is 8.52. The molecule has 5 heterocycles. The first-order valence-electron chi connectivity index (χ1n) is 14.9. The van der Waals surface area contributed by atoms with Gasteiger partial charge in [-0.1, -0.05) is 12.0 Å². The summed E-state index contributed by atoms with van der Waals surface area (Å²) in [5.74, 6) is 1.14. The number of nitrogens with zero attached hydrogens (tertiary/aromatic N) is 5. The van der Waals surface area contributed by atoms with Crippen LogP contribution in [-0.4, -0.2) is 90.8 Å². The second-order valence-electron chi connectivity index (χ2n) is 11.3. The zero-order valence-corrected chi connectivity index (χ0v) is 25.2. The molecule has 4 aromatic rings. The van der Waals surface area contributed by atoms with Gasteiger partial charge >= 0.3 is 6.01 Å². The van der Waals surface area contributed by atoms with E-state index >= 15 is 4.39 Å². The Hall–Kier alpha value is -4.34. The number of methoxy groups -OCH3 is 2. The Morgan fingerprint density at radius 2 is 1.87 bits per heavy atom. The van der Waals surface area contributed by atoms with E-state index in [0.717, 1.165) is 19.4 Å². The van der Waals surface area contributed by atoms with Crippen LogP contribution in [0.1, 0.15) is 31.2 Å². The number of phenols is 1. The average molecular weight is 622 g/mol. The van der Waals surface area contributed by atoms with Crippen molar-refractivity contribution in [3.05, 3.63) is 41.5 Å². The maximum atomic E-state index is 16.3. The van der Waals surface area contributed by atoms with E-state index in [2.05, 4.69) is 25.8 Å². The van der Waals surface area contributed by atoms with Crippen molar-refractivity contribution in [1.82, 2.24) is 19.9 Å². The SMILES string of the molecule is C#Cc1c(F)ccc2cc(O)cc(-c3nc(OC)c4c(N5CCCOCC5)nc(OC)nc4c3F)c12.FC1CC2CCCN2C1. The molecule has 3 aliphatic heterocycles. The summed E-state index contributed by atoms with van der Waals surface area (Å²) in [7, 11) is 2.79. The lowest BCUT2D eigenvalue weighted by Gasteiger charge is -2.23. The molecule has 45 heavy (non-hydrogen) atoms. The monoisotopic (exact) mass is 621 g/mol. The Bertz CT molecular complexity index is 1760. The van der Waals surface area contributed by atoms with E-state index in [1.165, 1.54) is 51.3 Å². The van der Waals surface area contributed by atoms with Crippen LogP contribution in [0.25, 0.3) is 32.9 Å². The van der Waals surface area contributed by atoms with Gasteiger partial charge in [-0.15, -0.1) is 6.42 Å². The Labute approximate surface area is 258 Å². The molecule has 3 fully saturated rings. The summed E-state index contributed by atoms with van der Waals surface area (Å²) >= 11 is 0. The molecule has 9 nitrogen and oxygen atoms in total. The third kappa shape index (κ3) is 5.90. The number of rotatable bonds is 4. The highest BCUT2D eigenvalue weighted by atomic mass is 19.1. The highest BCUT2D eigenvalue weighted by Gasteiger charge is 2.34. The number of anilines is 1. The summed E-state index contributed by atoms with van der Waals surface area (Å²) in [5.41, 5.74) is -0.294. The van der Waals surface area contributed by atoms with E-state index in [1.807, 2.05) is 4.90 Å². The molecule has 2 aromatic carbocycles. The van der Waals surface area contributed by atoms with Gasteiger partial charge in [0.2, 0.25) is 5.88 Å². The van der Waals surface area contributed by atoms with Gasteiger partial charge in [-0.2, -0.15) is 9.97 Å². The summed E-state index contributed by atoms with van der Waals surface area (Å²) in [5, 5.41) is 11.3. The van der Waals surface area contributed by atoms with Crippen molar-refractivity contribution in [2.75, 3.05) is 58.5 Å². The van der Waals surface area contributed by atoms with Crippen molar-refractivity contribution in [2.24, 2.45) is 0 Å². The number of fused-ring (bicyclic) bond motifs is 3. The number of aromatic hydroxyl groups is 1. The van der Waals surface area contributed by atoms with Crippen LogP contribution in [0, 0.1) is 24.0 Å². The molecule has 2 atom stereocenters. The highest BCUT2D eigenvalue weighted by Crippen LogP contribution is 2.42. The quantitative estimate of drug-likeness (QED) is 0.307. The highest BCUT2D eigenvalue weighted by molar-refractivity contribution is 6.04. The molecule has 0 spiro atoms. The maximum absolute atomic E-state index is 16.3. The number of halogens is 3. The van der Waals surface area contributed by atoms with Crippen LogP contribution < -0.4 is 14.4 Å². The van der Waals surface area contributed by atoms with E-state index in [-0.39, 0.29) is 50.7 Å². The van der Waals surface area contributed by atoms with E-state index in [0.29, 0.717) is 50.1 Å². The number of alkyl halides is 1. The van der Waals surface area contributed by atoms with Gasteiger partial charge in [-0.3, -0.25) is 4.90 Å². The Kier molecular flexibility index (Phi) is 8.83. The first-order chi connectivity index (χ1) is 21.8. The number of benzene rings is 2. The van der Waals surface area contributed by atoms with Gasteiger partial charge in [-0.25, -0.2) is 18.2 Å². The first kappa shape index (κ1) is 30.7. The molecular weight excluding hydrogens is 587 g/mol. The number of pyridine rings is 1. The normalized spacial score (nSPS) is 20.0. The van der Waals surface area contributed by atoms with Gasteiger partial charge in [-0.05, 0) is 55.8 Å². The van der Waals surface area contributed by atoms with Gasteiger partial charge in [0, 0.05) is 43.2 Å². The Balaban J connectivity index is 0.000000337. The van der Waals surface area contributed by atoms with Crippen LogP contribution in [0.5, 0.6) is 17.6 Å². The molecule has 7 rings (SSSR count). The van der Waals surface area contributed by atoms with Crippen molar-refractivity contribution < 1.29 is 32.5 Å². The number of hydrogen-bond donors (Lipinski definition) is 1. The van der Waals surface area contributed by atoms with Crippen molar-refractivity contribution in [2.45, 2.75) is 37.9 Å². The minimum Gasteiger partial charge on any atom is -0.508 e. The smallest absolute Gasteiger partial charge is 0.318 e. The number of aromatic nitrogens is 3. The fourth-order valence-electron chi connectivity index (χ4n) is 6.49. The van der Waals surface area contributed by atoms with Crippen molar-refractivity contribution in [3.8, 4) is 41.2 Å². The van der Waals surface area contributed by atoms with Gasteiger partial charge in [0.15, 0.2) is 5.82 Å². The molecule has 0 bridgehead atoms. The maximum Gasteiger partial charge on any atom is 0.318 e. The summed E-state index contributed by atoms with van der Waals surface area (Å²) in [6.45, 7) is 4.06. The molecule has 3 saturated heterocycles. The summed E-state index contributed by atoms with van der Waals surface area (Å²) in [6.07, 6.45) is 9.16. The second-order valence-corrected chi connectivity index (χ2v) is 11.3.